The quantitative estimate of drug-likeness (QED) is 0.778. The second-order valence-electron chi connectivity index (χ2n) is 4.04. The fourth-order valence-corrected chi connectivity index (χ4v) is 2.87. The van der Waals surface area contributed by atoms with Gasteiger partial charge in [0.15, 0.2) is 0 Å². The second-order valence-corrected chi connectivity index (χ2v) is 6.66. The van der Waals surface area contributed by atoms with Gasteiger partial charge in [0.25, 0.3) is 0 Å². The first-order valence-corrected chi connectivity index (χ1v) is 8.13. The standard InChI is InChI=1S/C11H14BrN5O2S/c1-2-17-7-14-16-11(17)6-15-20(18,19)8-3-4-9(12)10(13)5-8/h3-5,7,15H,2,6,13H2,1H3. The van der Waals surface area contributed by atoms with Crippen molar-refractivity contribution in [2.75, 3.05) is 5.73 Å². The van der Waals surface area contributed by atoms with Gasteiger partial charge in [-0.25, -0.2) is 13.1 Å². The van der Waals surface area contributed by atoms with Crippen LogP contribution in [-0.2, 0) is 23.1 Å². The maximum atomic E-state index is 12.2. The van der Waals surface area contributed by atoms with Gasteiger partial charge >= 0.3 is 0 Å². The largest absolute Gasteiger partial charge is 0.398 e. The predicted molar refractivity (Wildman–Crippen MR) is 78.3 cm³/mol. The van der Waals surface area contributed by atoms with E-state index in [4.69, 9.17) is 5.73 Å². The van der Waals surface area contributed by atoms with Crippen LogP contribution in [0.3, 0.4) is 0 Å². The van der Waals surface area contributed by atoms with Gasteiger partial charge < -0.3 is 10.3 Å². The molecular formula is C11H14BrN5O2S. The van der Waals surface area contributed by atoms with E-state index in [1.807, 2.05) is 6.92 Å². The fourth-order valence-electron chi connectivity index (χ4n) is 1.61. The third-order valence-electron chi connectivity index (χ3n) is 2.73. The normalized spacial score (nSPS) is 11.7. The monoisotopic (exact) mass is 359 g/mol. The molecule has 0 aliphatic heterocycles. The van der Waals surface area contributed by atoms with Crippen LogP contribution in [0.1, 0.15) is 12.7 Å². The molecule has 0 aliphatic carbocycles. The lowest BCUT2D eigenvalue weighted by molar-refractivity contribution is 0.575. The highest BCUT2D eigenvalue weighted by atomic mass is 79.9. The van der Waals surface area contributed by atoms with E-state index in [2.05, 4.69) is 30.8 Å². The molecule has 2 aromatic rings. The van der Waals surface area contributed by atoms with Gasteiger partial charge in [-0.15, -0.1) is 10.2 Å². The first kappa shape index (κ1) is 14.9. The maximum Gasteiger partial charge on any atom is 0.241 e. The van der Waals surface area contributed by atoms with Crippen molar-refractivity contribution in [2.45, 2.75) is 24.9 Å². The Kier molecular flexibility index (Phi) is 4.41. The molecule has 1 aromatic heterocycles. The van der Waals surface area contributed by atoms with Crippen LogP contribution < -0.4 is 10.5 Å². The Bertz CT molecular complexity index is 713. The molecule has 0 radical (unpaired) electrons. The molecule has 0 aliphatic rings. The van der Waals surface area contributed by atoms with Gasteiger partial charge in [0, 0.05) is 16.7 Å². The van der Waals surface area contributed by atoms with Gasteiger partial charge in [0.2, 0.25) is 10.0 Å². The van der Waals surface area contributed by atoms with Gasteiger partial charge in [-0.3, -0.25) is 0 Å². The van der Waals surface area contributed by atoms with Crippen LogP contribution in [0.5, 0.6) is 0 Å². The number of hydrogen-bond acceptors (Lipinski definition) is 5. The topological polar surface area (TPSA) is 103 Å². The number of nitrogen functional groups attached to an aromatic ring is 1. The number of nitrogens with one attached hydrogen (secondary N) is 1. The Morgan fingerprint density at radius 1 is 1.45 bits per heavy atom. The number of aryl methyl sites for hydroxylation is 1. The molecule has 1 aromatic carbocycles. The number of nitrogens with two attached hydrogens (primary N) is 1. The van der Waals surface area contributed by atoms with Crippen molar-refractivity contribution < 1.29 is 8.42 Å². The van der Waals surface area contributed by atoms with Crippen molar-refractivity contribution in [3.8, 4) is 0 Å². The number of anilines is 1. The van der Waals surface area contributed by atoms with Gasteiger partial charge in [0.1, 0.15) is 12.2 Å². The van der Waals surface area contributed by atoms with Crippen molar-refractivity contribution in [1.82, 2.24) is 19.5 Å². The highest BCUT2D eigenvalue weighted by Gasteiger charge is 2.16. The van der Waals surface area contributed by atoms with Crippen molar-refractivity contribution in [3.63, 3.8) is 0 Å². The predicted octanol–water partition coefficient (Wildman–Crippen LogP) is 1.12. The van der Waals surface area contributed by atoms with Crippen LogP contribution in [0, 0.1) is 0 Å². The number of sulfonamides is 1. The summed E-state index contributed by atoms with van der Waals surface area (Å²) >= 11 is 3.22. The van der Waals surface area contributed by atoms with Gasteiger partial charge in [-0.1, -0.05) is 0 Å². The summed E-state index contributed by atoms with van der Waals surface area (Å²) in [5.74, 6) is 0.557. The summed E-state index contributed by atoms with van der Waals surface area (Å²) < 4.78 is 29.2. The minimum atomic E-state index is -3.63. The van der Waals surface area contributed by atoms with Crippen molar-refractivity contribution in [3.05, 3.63) is 34.8 Å². The Morgan fingerprint density at radius 2 is 2.20 bits per heavy atom. The summed E-state index contributed by atoms with van der Waals surface area (Å²) in [5.41, 5.74) is 6.05. The van der Waals surface area contributed by atoms with E-state index in [1.54, 1.807) is 17.0 Å². The summed E-state index contributed by atoms with van der Waals surface area (Å²) in [4.78, 5) is 0.112. The minimum Gasteiger partial charge on any atom is -0.398 e. The highest BCUT2D eigenvalue weighted by Crippen LogP contribution is 2.22. The number of hydrogen-bond donors (Lipinski definition) is 2. The average Bonchev–Trinajstić information content (AvgIpc) is 2.87. The molecular weight excluding hydrogens is 346 g/mol. The number of rotatable bonds is 5. The summed E-state index contributed by atoms with van der Waals surface area (Å²) in [6, 6.07) is 4.47. The summed E-state index contributed by atoms with van der Waals surface area (Å²) in [5, 5.41) is 7.61. The molecule has 0 atom stereocenters. The van der Waals surface area contributed by atoms with Crippen LogP contribution >= 0.6 is 15.9 Å². The molecule has 1 heterocycles. The third kappa shape index (κ3) is 3.17. The van der Waals surface area contributed by atoms with Crippen LogP contribution in [0.4, 0.5) is 5.69 Å². The van der Waals surface area contributed by atoms with Gasteiger partial charge in [-0.05, 0) is 41.1 Å². The number of aromatic nitrogens is 3. The smallest absolute Gasteiger partial charge is 0.241 e. The summed E-state index contributed by atoms with van der Waals surface area (Å²) in [6.45, 7) is 2.68. The third-order valence-corrected chi connectivity index (χ3v) is 4.86. The molecule has 7 nitrogen and oxygen atoms in total. The molecule has 0 saturated heterocycles. The highest BCUT2D eigenvalue weighted by molar-refractivity contribution is 9.10. The van der Waals surface area contributed by atoms with E-state index in [0.717, 1.165) is 0 Å². The van der Waals surface area contributed by atoms with E-state index in [1.165, 1.54) is 12.1 Å². The Morgan fingerprint density at radius 3 is 2.85 bits per heavy atom. The first-order chi connectivity index (χ1) is 9.44. The lowest BCUT2D eigenvalue weighted by atomic mass is 10.3. The van der Waals surface area contributed by atoms with Gasteiger partial charge in [0.05, 0.1) is 11.4 Å². The van der Waals surface area contributed by atoms with Crippen molar-refractivity contribution >= 4 is 31.6 Å². The van der Waals surface area contributed by atoms with E-state index >= 15 is 0 Å². The lowest BCUT2D eigenvalue weighted by Crippen LogP contribution is -2.25. The molecule has 20 heavy (non-hydrogen) atoms. The molecule has 0 amide bonds. The van der Waals surface area contributed by atoms with Crippen LogP contribution in [0.15, 0.2) is 33.9 Å². The molecule has 0 unspecified atom stereocenters. The molecule has 3 N–H and O–H groups in total. The molecule has 0 fully saturated rings. The van der Waals surface area contributed by atoms with E-state index in [9.17, 15) is 8.42 Å². The summed E-state index contributed by atoms with van der Waals surface area (Å²) in [7, 11) is -3.63. The lowest BCUT2D eigenvalue weighted by Gasteiger charge is -2.08. The minimum absolute atomic E-state index is 0.0755. The zero-order valence-electron chi connectivity index (χ0n) is 10.7. The maximum absolute atomic E-state index is 12.2. The van der Waals surface area contributed by atoms with Crippen LogP contribution in [-0.4, -0.2) is 23.2 Å². The SMILES string of the molecule is CCn1cnnc1CNS(=O)(=O)c1ccc(Br)c(N)c1. The Labute approximate surface area is 125 Å². The molecule has 9 heteroatoms. The summed E-state index contributed by atoms with van der Waals surface area (Å²) in [6.07, 6.45) is 1.56. The average molecular weight is 360 g/mol. The Hall–Kier alpha value is -1.45. The number of benzene rings is 1. The molecule has 0 spiro atoms. The molecule has 108 valence electrons. The van der Waals surface area contributed by atoms with Crippen LogP contribution in [0.25, 0.3) is 0 Å². The van der Waals surface area contributed by atoms with Crippen molar-refractivity contribution in [2.24, 2.45) is 0 Å². The molecule has 2 rings (SSSR count). The van der Waals surface area contributed by atoms with E-state index < -0.39 is 10.0 Å². The fraction of sp³-hybridized carbons (Fsp3) is 0.273. The van der Waals surface area contributed by atoms with Gasteiger partial charge in [-0.2, -0.15) is 0 Å². The number of nitrogens with zero attached hydrogens (tertiary/aromatic N) is 3. The first-order valence-electron chi connectivity index (χ1n) is 5.85. The van der Waals surface area contributed by atoms with E-state index in [-0.39, 0.29) is 11.4 Å². The molecule has 0 bridgehead atoms. The molecule has 0 saturated carbocycles. The zero-order chi connectivity index (χ0) is 14.8. The Balaban J connectivity index is 2.17. The zero-order valence-corrected chi connectivity index (χ0v) is 13.1. The van der Waals surface area contributed by atoms with E-state index in [0.29, 0.717) is 22.5 Å². The number of halogens is 1. The second kappa shape index (κ2) is 5.90. The van der Waals surface area contributed by atoms with Crippen LogP contribution in [0.2, 0.25) is 0 Å². The van der Waals surface area contributed by atoms with Crippen molar-refractivity contribution in [1.29, 1.82) is 0 Å².